The molecule has 0 radical (unpaired) electrons. The fraction of sp³-hybridized carbons (Fsp3) is 0.500. The highest BCUT2D eigenvalue weighted by molar-refractivity contribution is 6.31. The van der Waals surface area contributed by atoms with Crippen molar-refractivity contribution in [3.05, 3.63) is 45.9 Å². The Labute approximate surface area is 153 Å². The monoisotopic (exact) mass is 360 g/mol. The summed E-state index contributed by atoms with van der Waals surface area (Å²) in [5, 5.41) is 8.97. The van der Waals surface area contributed by atoms with Crippen molar-refractivity contribution >= 4 is 28.2 Å². The molecule has 0 fully saturated rings. The number of benzene rings is 1. The molecule has 1 N–H and O–H groups in total. The summed E-state index contributed by atoms with van der Waals surface area (Å²) in [5.41, 5.74) is 10.3. The number of likely N-dealkylation sites (N-methyl/N-ethyl adjacent to an activating group) is 1. The number of nitrogens with zero attached hydrogens (tertiary/aromatic N) is 5. The smallest absolute Gasteiger partial charge is 0.0737 e. The molecule has 0 bridgehead atoms. The molecule has 0 aliphatic carbocycles. The van der Waals surface area contributed by atoms with Crippen molar-refractivity contribution in [2.75, 3.05) is 31.5 Å². The first-order chi connectivity index (χ1) is 12.1. The Bertz CT molecular complexity index is 729. The summed E-state index contributed by atoms with van der Waals surface area (Å²) in [5.74, 6) is 0. The van der Waals surface area contributed by atoms with Crippen molar-refractivity contribution in [2.24, 2.45) is 5.11 Å². The molecule has 0 aliphatic heterocycles. The van der Waals surface area contributed by atoms with Gasteiger partial charge >= 0.3 is 0 Å². The van der Waals surface area contributed by atoms with E-state index in [0.29, 0.717) is 17.6 Å². The van der Waals surface area contributed by atoms with Crippen molar-refractivity contribution in [2.45, 2.75) is 32.7 Å². The van der Waals surface area contributed by atoms with Crippen molar-refractivity contribution in [1.82, 2.24) is 9.88 Å². The van der Waals surface area contributed by atoms with Crippen molar-refractivity contribution in [3.63, 3.8) is 0 Å². The van der Waals surface area contributed by atoms with Crippen LogP contribution in [0.15, 0.2) is 35.6 Å². The quantitative estimate of drug-likeness (QED) is 0.363. The molecule has 1 aromatic heterocycles. The minimum Gasteiger partial charge on any atom is -0.382 e. The first-order valence-corrected chi connectivity index (χ1v) is 9.06. The molecule has 0 amide bonds. The molecule has 1 atom stereocenters. The van der Waals surface area contributed by atoms with Crippen LogP contribution in [0, 0.1) is 0 Å². The van der Waals surface area contributed by atoms with Crippen LogP contribution in [0.1, 0.15) is 26.7 Å². The van der Waals surface area contributed by atoms with Gasteiger partial charge in [-0.3, -0.25) is 4.98 Å². The third kappa shape index (κ3) is 6.09. The number of fused-ring (bicyclic) bond motifs is 1. The third-order valence-electron chi connectivity index (χ3n) is 4.24. The number of anilines is 1. The number of hydrogen-bond donors (Lipinski definition) is 1. The topological polar surface area (TPSA) is 76.9 Å². The average molecular weight is 361 g/mol. The zero-order valence-electron chi connectivity index (χ0n) is 14.8. The summed E-state index contributed by atoms with van der Waals surface area (Å²) in [6.45, 7) is 7.65. The predicted octanol–water partition coefficient (Wildman–Crippen LogP) is 5.10. The van der Waals surface area contributed by atoms with E-state index in [1.807, 2.05) is 30.5 Å². The molecule has 1 unspecified atom stereocenters. The van der Waals surface area contributed by atoms with Gasteiger partial charge in [0.25, 0.3) is 0 Å². The standard InChI is InChI=1S/C18H25ClN6/c1-3-25(12-10-22-24-20)11-4-5-14(2)23-17-8-9-21-18-13-15(19)6-7-16(17)18/h6-9,13-14H,3-5,10-12H2,1-2H3,(H,21,23). The number of aromatic nitrogens is 1. The van der Waals surface area contributed by atoms with Gasteiger partial charge in [-0.1, -0.05) is 23.6 Å². The number of hydrogen-bond acceptors (Lipinski definition) is 4. The van der Waals surface area contributed by atoms with Gasteiger partial charge in [0.1, 0.15) is 0 Å². The van der Waals surface area contributed by atoms with Gasteiger partial charge in [0.15, 0.2) is 0 Å². The van der Waals surface area contributed by atoms with Crippen LogP contribution >= 0.6 is 11.6 Å². The van der Waals surface area contributed by atoms with E-state index in [1.165, 1.54) is 0 Å². The molecule has 0 aliphatic rings. The maximum atomic E-state index is 8.35. The summed E-state index contributed by atoms with van der Waals surface area (Å²) in [4.78, 5) is 9.49. The highest BCUT2D eigenvalue weighted by Crippen LogP contribution is 2.25. The Morgan fingerprint density at radius 1 is 1.36 bits per heavy atom. The summed E-state index contributed by atoms with van der Waals surface area (Å²) in [6.07, 6.45) is 3.96. The molecule has 0 saturated heterocycles. The molecular weight excluding hydrogens is 336 g/mol. The van der Waals surface area contributed by atoms with Crippen LogP contribution in [0.25, 0.3) is 21.3 Å². The van der Waals surface area contributed by atoms with E-state index >= 15 is 0 Å². The third-order valence-corrected chi connectivity index (χ3v) is 4.48. The zero-order chi connectivity index (χ0) is 18.1. The normalized spacial score (nSPS) is 12.2. The lowest BCUT2D eigenvalue weighted by molar-refractivity contribution is 0.288. The first kappa shape index (κ1) is 19.3. The van der Waals surface area contributed by atoms with E-state index in [0.717, 1.165) is 49.1 Å². The zero-order valence-corrected chi connectivity index (χ0v) is 15.6. The Morgan fingerprint density at radius 3 is 2.96 bits per heavy atom. The van der Waals surface area contributed by atoms with Crippen LogP contribution in [0.2, 0.25) is 5.02 Å². The number of azide groups is 1. The molecule has 0 spiro atoms. The summed E-state index contributed by atoms with van der Waals surface area (Å²) in [7, 11) is 0. The van der Waals surface area contributed by atoms with Gasteiger partial charge in [-0.05, 0) is 62.7 Å². The minimum absolute atomic E-state index is 0.358. The highest BCUT2D eigenvalue weighted by atomic mass is 35.5. The number of rotatable bonds is 10. The van der Waals surface area contributed by atoms with Gasteiger partial charge in [-0.25, -0.2) is 0 Å². The van der Waals surface area contributed by atoms with E-state index in [-0.39, 0.29) is 0 Å². The average Bonchev–Trinajstić information content (AvgIpc) is 2.60. The molecule has 1 heterocycles. The van der Waals surface area contributed by atoms with E-state index < -0.39 is 0 Å². The second-order valence-electron chi connectivity index (χ2n) is 6.10. The molecule has 0 saturated carbocycles. The highest BCUT2D eigenvalue weighted by Gasteiger charge is 2.08. The van der Waals surface area contributed by atoms with Gasteiger partial charge in [0, 0.05) is 46.3 Å². The lowest BCUT2D eigenvalue weighted by Gasteiger charge is -2.21. The molecule has 25 heavy (non-hydrogen) atoms. The van der Waals surface area contributed by atoms with Gasteiger partial charge in [-0.2, -0.15) is 0 Å². The molecule has 6 nitrogen and oxygen atoms in total. The second kappa shape index (κ2) is 10.1. The van der Waals surface area contributed by atoms with Crippen molar-refractivity contribution in [1.29, 1.82) is 0 Å². The maximum Gasteiger partial charge on any atom is 0.0737 e. The summed E-state index contributed by atoms with van der Waals surface area (Å²) in [6, 6.07) is 8.15. The lowest BCUT2D eigenvalue weighted by Crippen LogP contribution is -2.28. The van der Waals surface area contributed by atoms with Gasteiger partial charge in [0.05, 0.1) is 5.52 Å². The lowest BCUT2D eigenvalue weighted by atomic mass is 10.1. The Morgan fingerprint density at radius 2 is 2.20 bits per heavy atom. The van der Waals surface area contributed by atoms with Crippen molar-refractivity contribution < 1.29 is 0 Å². The second-order valence-corrected chi connectivity index (χ2v) is 6.53. The van der Waals surface area contributed by atoms with Gasteiger partial charge in [0.2, 0.25) is 0 Å². The number of nitrogens with one attached hydrogen (secondary N) is 1. The van der Waals surface area contributed by atoms with Crippen molar-refractivity contribution in [3.8, 4) is 0 Å². The van der Waals surface area contributed by atoms with Crippen LogP contribution < -0.4 is 5.32 Å². The largest absolute Gasteiger partial charge is 0.382 e. The van der Waals surface area contributed by atoms with Gasteiger partial charge < -0.3 is 10.2 Å². The summed E-state index contributed by atoms with van der Waals surface area (Å²) >= 11 is 6.04. The van der Waals surface area contributed by atoms with Crippen LogP contribution in [0.3, 0.4) is 0 Å². The first-order valence-electron chi connectivity index (χ1n) is 8.68. The van der Waals surface area contributed by atoms with E-state index in [9.17, 15) is 0 Å². The van der Waals surface area contributed by atoms with E-state index in [4.69, 9.17) is 17.1 Å². The van der Waals surface area contributed by atoms with E-state index in [2.05, 4.69) is 39.1 Å². The molecule has 134 valence electrons. The molecule has 2 aromatic rings. The number of pyridine rings is 1. The van der Waals surface area contributed by atoms with Crippen LogP contribution in [0.4, 0.5) is 5.69 Å². The maximum absolute atomic E-state index is 8.35. The molecule has 2 rings (SSSR count). The Kier molecular flexibility index (Phi) is 7.79. The molecule has 7 heteroatoms. The molecule has 1 aromatic carbocycles. The fourth-order valence-electron chi connectivity index (χ4n) is 2.86. The van der Waals surface area contributed by atoms with Crippen LogP contribution in [-0.2, 0) is 0 Å². The van der Waals surface area contributed by atoms with Crippen LogP contribution in [0.5, 0.6) is 0 Å². The summed E-state index contributed by atoms with van der Waals surface area (Å²) < 4.78 is 0. The van der Waals surface area contributed by atoms with Gasteiger partial charge in [-0.15, -0.1) is 0 Å². The minimum atomic E-state index is 0.358. The Hall–Kier alpha value is -2.01. The predicted molar refractivity (Wildman–Crippen MR) is 105 cm³/mol. The molecular formula is C18H25ClN6. The van der Waals surface area contributed by atoms with Crippen LogP contribution in [-0.4, -0.2) is 42.1 Å². The SMILES string of the molecule is CCN(CCCC(C)Nc1ccnc2cc(Cl)ccc12)CCN=[N+]=[N-]. The fourth-order valence-corrected chi connectivity index (χ4v) is 3.03. The number of halogens is 1. The van der Waals surface area contributed by atoms with E-state index in [1.54, 1.807) is 0 Å². The Balaban J connectivity index is 1.86.